The fraction of sp³-hybridized carbons (Fsp3) is 0.714. The zero-order valence-corrected chi connectivity index (χ0v) is 12.0. The van der Waals surface area contributed by atoms with Gasteiger partial charge in [-0.3, -0.25) is 4.90 Å². The van der Waals surface area contributed by atoms with E-state index in [1.165, 1.54) is 30.8 Å². The molecule has 1 saturated heterocycles. The molecule has 2 rings (SSSR count). The molecule has 2 heterocycles. The number of hydrogen-bond donors (Lipinski definition) is 1. The van der Waals surface area contributed by atoms with Crippen LogP contribution < -0.4 is 5.32 Å². The summed E-state index contributed by atoms with van der Waals surface area (Å²) in [5, 5.41) is 5.62. The summed E-state index contributed by atoms with van der Waals surface area (Å²) in [7, 11) is 2.09. The summed E-state index contributed by atoms with van der Waals surface area (Å²) in [4.78, 5) is 4.17. The Balaban J connectivity index is 1.85. The summed E-state index contributed by atoms with van der Waals surface area (Å²) in [5.41, 5.74) is 0. The molecule has 3 atom stereocenters. The van der Waals surface area contributed by atoms with Crippen molar-refractivity contribution in [2.24, 2.45) is 5.92 Å². The molecule has 2 nitrogen and oxygen atoms in total. The minimum absolute atomic E-state index is 0.696. The van der Waals surface area contributed by atoms with Gasteiger partial charge in [-0.15, -0.1) is 11.3 Å². The topological polar surface area (TPSA) is 15.3 Å². The van der Waals surface area contributed by atoms with Crippen molar-refractivity contribution in [3.05, 3.63) is 22.4 Å². The Morgan fingerprint density at radius 1 is 1.47 bits per heavy atom. The van der Waals surface area contributed by atoms with Crippen molar-refractivity contribution in [2.45, 2.75) is 38.8 Å². The molecular weight excluding hydrogens is 228 g/mol. The first-order valence-corrected chi connectivity index (χ1v) is 7.54. The van der Waals surface area contributed by atoms with E-state index in [0.29, 0.717) is 12.1 Å². The summed E-state index contributed by atoms with van der Waals surface area (Å²) in [6.45, 7) is 7.20. The lowest BCUT2D eigenvalue weighted by Crippen LogP contribution is -2.52. The van der Waals surface area contributed by atoms with Crippen LogP contribution in [0.1, 0.15) is 25.1 Å². The van der Waals surface area contributed by atoms with Crippen LogP contribution in [0.4, 0.5) is 0 Å². The number of likely N-dealkylation sites (tertiary alicyclic amines) is 1. The third kappa shape index (κ3) is 3.09. The van der Waals surface area contributed by atoms with Crippen LogP contribution in [0.25, 0.3) is 0 Å². The molecule has 3 heteroatoms. The smallest absolute Gasteiger partial charge is 0.0117 e. The normalized spacial score (nSPS) is 30.6. The van der Waals surface area contributed by atoms with Crippen LogP contribution >= 0.6 is 11.3 Å². The molecule has 0 aromatic carbocycles. The average Bonchev–Trinajstić information content (AvgIpc) is 2.84. The Bertz CT molecular complexity index is 323. The Morgan fingerprint density at radius 2 is 2.29 bits per heavy atom. The van der Waals surface area contributed by atoms with Crippen LogP contribution in [0.2, 0.25) is 0 Å². The van der Waals surface area contributed by atoms with Gasteiger partial charge in [0.15, 0.2) is 0 Å². The van der Waals surface area contributed by atoms with Crippen LogP contribution in [-0.2, 0) is 6.42 Å². The first-order chi connectivity index (χ1) is 8.22. The maximum Gasteiger partial charge on any atom is 0.0117 e. The van der Waals surface area contributed by atoms with Gasteiger partial charge in [0.1, 0.15) is 0 Å². The predicted octanol–water partition coefficient (Wildman–Crippen LogP) is 2.61. The largest absolute Gasteiger partial charge is 0.317 e. The Hall–Kier alpha value is -0.380. The van der Waals surface area contributed by atoms with Gasteiger partial charge in [-0.05, 0) is 50.7 Å². The lowest BCUT2D eigenvalue weighted by Gasteiger charge is -2.42. The summed E-state index contributed by atoms with van der Waals surface area (Å²) in [6, 6.07) is 5.79. The van der Waals surface area contributed by atoms with Crippen LogP contribution in [0.3, 0.4) is 0 Å². The molecule has 17 heavy (non-hydrogen) atoms. The summed E-state index contributed by atoms with van der Waals surface area (Å²) in [6.07, 6.45) is 2.49. The molecule has 1 N–H and O–H groups in total. The Morgan fingerprint density at radius 3 is 2.94 bits per heavy atom. The van der Waals surface area contributed by atoms with Crippen molar-refractivity contribution in [1.82, 2.24) is 10.2 Å². The molecule has 0 saturated carbocycles. The highest BCUT2D eigenvalue weighted by Gasteiger charge is 2.30. The van der Waals surface area contributed by atoms with Crippen LogP contribution in [-0.4, -0.2) is 37.1 Å². The fourth-order valence-electron chi connectivity index (χ4n) is 2.87. The zero-order valence-electron chi connectivity index (χ0n) is 11.1. The van der Waals surface area contributed by atoms with E-state index in [2.05, 4.69) is 48.6 Å². The molecule has 1 aromatic rings. The number of thiophene rings is 1. The van der Waals surface area contributed by atoms with E-state index in [0.717, 1.165) is 5.92 Å². The SMILES string of the molecule is CNC1CCN(CCc2cccs2)C(C)C1C. The van der Waals surface area contributed by atoms with Gasteiger partial charge in [0.2, 0.25) is 0 Å². The third-order valence-electron chi connectivity index (χ3n) is 4.30. The quantitative estimate of drug-likeness (QED) is 0.886. The fourth-order valence-corrected chi connectivity index (χ4v) is 3.57. The van der Waals surface area contributed by atoms with Crippen LogP contribution in [0.5, 0.6) is 0 Å². The second kappa shape index (κ2) is 5.98. The summed E-state index contributed by atoms with van der Waals surface area (Å²) >= 11 is 1.88. The van der Waals surface area contributed by atoms with Crippen molar-refractivity contribution < 1.29 is 0 Å². The third-order valence-corrected chi connectivity index (χ3v) is 5.23. The van der Waals surface area contributed by atoms with Gasteiger partial charge >= 0.3 is 0 Å². The van der Waals surface area contributed by atoms with E-state index in [-0.39, 0.29) is 0 Å². The zero-order chi connectivity index (χ0) is 12.3. The van der Waals surface area contributed by atoms with E-state index in [9.17, 15) is 0 Å². The monoisotopic (exact) mass is 252 g/mol. The van der Waals surface area contributed by atoms with Gasteiger partial charge in [-0.2, -0.15) is 0 Å². The van der Waals surface area contributed by atoms with E-state index in [4.69, 9.17) is 0 Å². The number of nitrogens with zero attached hydrogens (tertiary/aromatic N) is 1. The molecule has 1 aliphatic heterocycles. The highest BCUT2D eigenvalue weighted by molar-refractivity contribution is 7.09. The molecule has 1 aliphatic rings. The summed E-state index contributed by atoms with van der Waals surface area (Å²) in [5.74, 6) is 0.747. The van der Waals surface area contributed by atoms with Gasteiger partial charge in [0, 0.05) is 23.5 Å². The van der Waals surface area contributed by atoms with Crippen molar-refractivity contribution >= 4 is 11.3 Å². The minimum Gasteiger partial charge on any atom is -0.317 e. The second-order valence-corrected chi connectivity index (χ2v) is 6.18. The molecule has 0 aliphatic carbocycles. The van der Waals surface area contributed by atoms with Gasteiger partial charge < -0.3 is 5.32 Å². The van der Waals surface area contributed by atoms with E-state index >= 15 is 0 Å². The molecule has 0 radical (unpaired) electrons. The molecule has 0 bridgehead atoms. The molecule has 0 amide bonds. The Labute approximate surface area is 109 Å². The first-order valence-electron chi connectivity index (χ1n) is 6.66. The molecule has 1 fully saturated rings. The average molecular weight is 252 g/mol. The second-order valence-electron chi connectivity index (χ2n) is 5.15. The summed E-state index contributed by atoms with van der Waals surface area (Å²) < 4.78 is 0. The number of rotatable bonds is 4. The van der Waals surface area contributed by atoms with Crippen molar-refractivity contribution in [1.29, 1.82) is 0 Å². The van der Waals surface area contributed by atoms with Gasteiger partial charge in [-0.1, -0.05) is 13.0 Å². The van der Waals surface area contributed by atoms with Crippen LogP contribution in [0.15, 0.2) is 17.5 Å². The molecule has 1 aromatic heterocycles. The van der Waals surface area contributed by atoms with Crippen molar-refractivity contribution in [3.8, 4) is 0 Å². The van der Waals surface area contributed by atoms with E-state index in [1.807, 2.05) is 11.3 Å². The number of nitrogens with one attached hydrogen (secondary N) is 1. The highest BCUT2D eigenvalue weighted by Crippen LogP contribution is 2.23. The van der Waals surface area contributed by atoms with E-state index in [1.54, 1.807) is 0 Å². The maximum absolute atomic E-state index is 3.45. The maximum atomic E-state index is 3.45. The van der Waals surface area contributed by atoms with Crippen LogP contribution in [0, 0.1) is 5.92 Å². The molecular formula is C14H24N2S. The van der Waals surface area contributed by atoms with Gasteiger partial charge in [0.25, 0.3) is 0 Å². The molecule has 96 valence electrons. The number of hydrogen-bond acceptors (Lipinski definition) is 3. The molecule has 0 spiro atoms. The lowest BCUT2D eigenvalue weighted by atomic mass is 9.87. The van der Waals surface area contributed by atoms with E-state index < -0.39 is 0 Å². The minimum atomic E-state index is 0.696. The first kappa shape index (κ1) is 13.1. The lowest BCUT2D eigenvalue weighted by molar-refractivity contribution is 0.0891. The van der Waals surface area contributed by atoms with Crippen molar-refractivity contribution in [3.63, 3.8) is 0 Å². The highest BCUT2D eigenvalue weighted by atomic mass is 32.1. The van der Waals surface area contributed by atoms with Crippen molar-refractivity contribution in [2.75, 3.05) is 20.1 Å². The number of piperidine rings is 1. The predicted molar refractivity (Wildman–Crippen MR) is 75.7 cm³/mol. The van der Waals surface area contributed by atoms with Gasteiger partial charge in [0.05, 0.1) is 0 Å². The molecule has 3 unspecified atom stereocenters. The van der Waals surface area contributed by atoms with Gasteiger partial charge in [-0.25, -0.2) is 0 Å². The standard InChI is InChI=1S/C14H24N2S/c1-11-12(2)16(9-7-14(11)15-3)8-6-13-5-4-10-17-13/h4-5,10-12,14-15H,6-9H2,1-3H3. The Kier molecular flexibility index (Phi) is 4.60.